The number of nitrogens with zero attached hydrogens (tertiary/aromatic N) is 1. The summed E-state index contributed by atoms with van der Waals surface area (Å²) in [7, 11) is 0. The molecule has 0 saturated carbocycles. The van der Waals surface area contributed by atoms with E-state index in [0.29, 0.717) is 12.4 Å². The summed E-state index contributed by atoms with van der Waals surface area (Å²) >= 11 is 4.58. The van der Waals surface area contributed by atoms with Gasteiger partial charge in [0, 0.05) is 12.4 Å². The van der Waals surface area contributed by atoms with Crippen molar-refractivity contribution in [3.63, 3.8) is 0 Å². The summed E-state index contributed by atoms with van der Waals surface area (Å²) in [5.74, 6) is 0.514. The third-order valence-corrected chi connectivity index (χ3v) is 1.49. The second kappa shape index (κ2) is 4.56. The van der Waals surface area contributed by atoms with Crippen molar-refractivity contribution in [3.05, 3.63) is 18.2 Å². The Balaban J connectivity index is 2.27. The Bertz CT molecular complexity index is 295. The predicted molar refractivity (Wildman–Crippen MR) is 51.8 cm³/mol. The van der Waals surface area contributed by atoms with Crippen LogP contribution in [0.15, 0.2) is 12.4 Å². The van der Waals surface area contributed by atoms with Gasteiger partial charge >= 0.3 is 0 Å². The van der Waals surface area contributed by atoms with E-state index in [0.717, 1.165) is 0 Å². The van der Waals surface area contributed by atoms with Gasteiger partial charge in [-0.3, -0.25) is 4.79 Å². The zero-order valence-corrected chi connectivity index (χ0v) is 7.73. The molecule has 0 atom stereocenters. The molecule has 0 spiro atoms. The van der Waals surface area contributed by atoms with E-state index < -0.39 is 0 Å². The summed E-state index contributed by atoms with van der Waals surface area (Å²) in [4.78, 5) is 18.0. The van der Waals surface area contributed by atoms with Crippen molar-refractivity contribution < 1.29 is 4.79 Å². The number of nitrogens with two attached hydrogens (primary N) is 1. The van der Waals surface area contributed by atoms with Crippen molar-refractivity contribution in [2.24, 2.45) is 5.73 Å². The fraction of sp³-hybridized carbons (Fsp3) is 0.286. The lowest BCUT2D eigenvalue weighted by molar-refractivity contribution is -0.120. The number of thiocarbonyl (C=S) groups is 1. The Labute approximate surface area is 80.7 Å². The van der Waals surface area contributed by atoms with Crippen LogP contribution in [0.1, 0.15) is 12.2 Å². The number of rotatable bonds is 4. The molecule has 0 unspecified atom stereocenters. The Morgan fingerprint density at radius 1 is 1.77 bits per heavy atom. The van der Waals surface area contributed by atoms with Gasteiger partial charge in [0.1, 0.15) is 5.82 Å². The largest absolute Gasteiger partial charge is 0.393 e. The average Bonchev–Trinajstić information content (AvgIpc) is 2.51. The van der Waals surface area contributed by atoms with Gasteiger partial charge in [0.05, 0.1) is 18.0 Å². The van der Waals surface area contributed by atoms with Crippen LogP contribution < -0.4 is 11.1 Å². The fourth-order valence-corrected chi connectivity index (χ4v) is 0.929. The zero-order valence-electron chi connectivity index (χ0n) is 6.91. The molecule has 0 aliphatic carbocycles. The van der Waals surface area contributed by atoms with E-state index in [1.165, 1.54) is 0 Å². The molecule has 0 radical (unpaired) electrons. The Morgan fingerprint density at radius 3 is 3.08 bits per heavy atom. The van der Waals surface area contributed by atoms with Gasteiger partial charge in [0.25, 0.3) is 0 Å². The molecule has 1 aromatic heterocycles. The maximum Gasteiger partial charge on any atom is 0.227 e. The summed E-state index contributed by atoms with van der Waals surface area (Å²) in [6.07, 6.45) is 3.39. The highest BCUT2D eigenvalue weighted by molar-refractivity contribution is 7.80. The van der Waals surface area contributed by atoms with E-state index in [9.17, 15) is 4.79 Å². The van der Waals surface area contributed by atoms with E-state index >= 15 is 0 Å². The molecule has 0 aromatic carbocycles. The number of imidazole rings is 1. The van der Waals surface area contributed by atoms with Crippen molar-refractivity contribution in [2.45, 2.75) is 13.0 Å². The van der Waals surface area contributed by atoms with Crippen LogP contribution in [-0.4, -0.2) is 20.9 Å². The van der Waals surface area contributed by atoms with Crippen molar-refractivity contribution in [2.75, 3.05) is 0 Å². The van der Waals surface area contributed by atoms with E-state index in [1.807, 2.05) is 0 Å². The number of H-pyrrole nitrogens is 1. The molecule has 6 heteroatoms. The van der Waals surface area contributed by atoms with Gasteiger partial charge in [-0.1, -0.05) is 12.2 Å². The van der Waals surface area contributed by atoms with Gasteiger partial charge in [-0.25, -0.2) is 4.98 Å². The molecule has 13 heavy (non-hydrogen) atoms. The van der Waals surface area contributed by atoms with Crippen LogP contribution in [-0.2, 0) is 11.3 Å². The lowest BCUT2D eigenvalue weighted by Gasteiger charge is -2.01. The summed E-state index contributed by atoms with van der Waals surface area (Å²) in [5.41, 5.74) is 5.19. The molecular formula is C7H10N4OS. The van der Waals surface area contributed by atoms with Gasteiger partial charge < -0.3 is 16.0 Å². The maximum atomic E-state index is 11.0. The molecule has 70 valence electrons. The van der Waals surface area contributed by atoms with Crippen LogP contribution >= 0.6 is 12.2 Å². The van der Waals surface area contributed by atoms with E-state index in [-0.39, 0.29) is 17.3 Å². The molecule has 0 aliphatic rings. The molecule has 5 nitrogen and oxygen atoms in total. The maximum absolute atomic E-state index is 11.0. The number of aromatic nitrogens is 2. The van der Waals surface area contributed by atoms with E-state index in [4.69, 9.17) is 5.73 Å². The number of nitrogens with one attached hydrogen (secondary N) is 2. The zero-order chi connectivity index (χ0) is 9.68. The molecule has 1 amide bonds. The Kier molecular flexibility index (Phi) is 3.39. The topological polar surface area (TPSA) is 83.8 Å². The molecule has 0 aliphatic heterocycles. The molecule has 1 aromatic rings. The van der Waals surface area contributed by atoms with Gasteiger partial charge in [-0.05, 0) is 0 Å². The lowest BCUT2D eigenvalue weighted by atomic mass is 10.4. The molecule has 1 rings (SSSR count). The minimum atomic E-state index is -0.191. The first-order chi connectivity index (χ1) is 6.18. The number of carbonyl (C=O) groups excluding carboxylic acids is 1. The van der Waals surface area contributed by atoms with Crippen LogP contribution in [0.2, 0.25) is 0 Å². The van der Waals surface area contributed by atoms with Crippen molar-refractivity contribution >= 4 is 23.1 Å². The smallest absolute Gasteiger partial charge is 0.227 e. The predicted octanol–water partition coefficient (Wildman–Crippen LogP) is -0.298. The standard InChI is InChI=1S/C7H10N4OS/c8-5(13)3-7(12)11-4-6-9-1-2-10-6/h1-2H,3-4H2,(H2,8,13)(H,9,10)(H,11,12). The second-order valence-corrected chi connectivity index (χ2v) is 2.98. The molecule has 1 heterocycles. The first kappa shape index (κ1) is 9.66. The quantitative estimate of drug-likeness (QED) is 0.580. The van der Waals surface area contributed by atoms with Gasteiger partial charge in [0.15, 0.2) is 0 Å². The summed E-state index contributed by atoms with van der Waals surface area (Å²) in [5, 5.41) is 2.62. The SMILES string of the molecule is NC(=S)CC(=O)NCc1ncc[nH]1. The number of aromatic amines is 1. The van der Waals surface area contributed by atoms with Crippen LogP contribution in [0.4, 0.5) is 0 Å². The van der Waals surface area contributed by atoms with Crippen LogP contribution in [0.5, 0.6) is 0 Å². The lowest BCUT2D eigenvalue weighted by Crippen LogP contribution is -2.27. The highest BCUT2D eigenvalue weighted by Gasteiger charge is 2.02. The summed E-state index contributed by atoms with van der Waals surface area (Å²) in [6, 6.07) is 0. The average molecular weight is 198 g/mol. The van der Waals surface area contributed by atoms with E-state index in [1.54, 1.807) is 12.4 Å². The molecule has 0 bridgehead atoms. The summed E-state index contributed by atoms with van der Waals surface area (Å²) in [6.45, 7) is 0.369. The van der Waals surface area contributed by atoms with Crippen LogP contribution in [0, 0.1) is 0 Å². The number of carbonyl (C=O) groups is 1. The monoisotopic (exact) mass is 198 g/mol. The van der Waals surface area contributed by atoms with Crippen LogP contribution in [0.3, 0.4) is 0 Å². The third kappa shape index (κ3) is 3.66. The minimum Gasteiger partial charge on any atom is -0.393 e. The number of hydrogen-bond acceptors (Lipinski definition) is 3. The van der Waals surface area contributed by atoms with E-state index in [2.05, 4.69) is 27.5 Å². The van der Waals surface area contributed by atoms with Gasteiger partial charge in [-0.2, -0.15) is 0 Å². The number of hydrogen-bond donors (Lipinski definition) is 3. The highest BCUT2D eigenvalue weighted by Crippen LogP contribution is 1.88. The first-order valence-corrected chi connectivity index (χ1v) is 4.12. The van der Waals surface area contributed by atoms with Gasteiger partial charge in [-0.15, -0.1) is 0 Å². The normalized spacial score (nSPS) is 9.54. The third-order valence-electron chi connectivity index (χ3n) is 1.34. The Hall–Kier alpha value is -1.43. The molecule has 0 fully saturated rings. The Morgan fingerprint density at radius 2 is 2.54 bits per heavy atom. The van der Waals surface area contributed by atoms with Crippen molar-refractivity contribution in [3.8, 4) is 0 Å². The summed E-state index contributed by atoms with van der Waals surface area (Å²) < 4.78 is 0. The minimum absolute atomic E-state index is 0.0794. The van der Waals surface area contributed by atoms with Crippen LogP contribution in [0.25, 0.3) is 0 Å². The van der Waals surface area contributed by atoms with Crippen molar-refractivity contribution in [1.29, 1.82) is 0 Å². The fourth-order valence-electron chi connectivity index (χ4n) is 0.798. The molecule has 4 N–H and O–H groups in total. The second-order valence-electron chi connectivity index (χ2n) is 2.46. The number of amides is 1. The molecule has 0 saturated heterocycles. The van der Waals surface area contributed by atoms with Crippen molar-refractivity contribution in [1.82, 2.24) is 15.3 Å². The first-order valence-electron chi connectivity index (χ1n) is 3.71. The highest BCUT2D eigenvalue weighted by atomic mass is 32.1. The van der Waals surface area contributed by atoms with Gasteiger partial charge in [0.2, 0.25) is 5.91 Å². The molecular weight excluding hydrogens is 188 g/mol.